The molecular formula is C17H19NO2S. The lowest BCUT2D eigenvalue weighted by Gasteiger charge is -2.09. The zero-order valence-corrected chi connectivity index (χ0v) is 13.4. The first-order valence-electron chi connectivity index (χ1n) is 6.93. The molecule has 2 aromatic rings. The Hall–Kier alpha value is -1.81. The van der Waals surface area contributed by atoms with Crippen LogP contribution in [0, 0.1) is 13.8 Å². The molecule has 0 atom stereocenters. The summed E-state index contributed by atoms with van der Waals surface area (Å²) in [5, 5.41) is 0.884. The van der Waals surface area contributed by atoms with Crippen LogP contribution >= 0.6 is 11.8 Å². The lowest BCUT2D eigenvalue weighted by molar-refractivity contribution is 0.101. The largest absolute Gasteiger partial charge is 0.493 e. The number of aryl methyl sites for hydroxylation is 2. The Bertz CT molecular complexity index is 620. The Morgan fingerprint density at radius 2 is 2.00 bits per heavy atom. The van der Waals surface area contributed by atoms with E-state index in [0.29, 0.717) is 23.7 Å². The highest BCUT2D eigenvalue weighted by Gasteiger charge is 2.12. The van der Waals surface area contributed by atoms with Crippen molar-refractivity contribution in [2.75, 3.05) is 12.4 Å². The molecule has 0 unspecified atom stereocenters. The number of carbonyl (C=O) groups is 1. The number of thioether (sulfide) groups is 1. The third-order valence-electron chi connectivity index (χ3n) is 2.91. The van der Waals surface area contributed by atoms with Gasteiger partial charge in [-0.05, 0) is 50.6 Å². The van der Waals surface area contributed by atoms with Crippen molar-refractivity contribution < 1.29 is 9.53 Å². The minimum absolute atomic E-state index is 0.0602. The van der Waals surface area contributed by atoms with Gasteiger partial charge in [-0.3, -0.25) is 4.79 Å². The number of ether oxygens (including phenoxy) is 1. The maximum Gasteiger partial charge on any atom is 0.176 e. The Labute approximate surface area is 129 Å². The van der Waals surface area contributed by atoms with Gasteiger partial charge in [0.1, 0.15) is 5.75 Å². The number of pyridine rings is 1. The quantitative estimate of drug-likeness (QED) is 0.595. The fourth-order valence-electron chi connectivity index (χ4n) is 2.07. The van der Waals surface area contributed by atoms with Gasteiger partial charge < -0.3 is 4.74 Å². The van der Waals surface area contributed by atoms with Crippen molar-refractivity contribution >= 4 is 17.5 Å². The number of hydrogen-bond acceptors (Lipinski definition) is 4. The Morgan fingerprint density at radius 3 is 2.71 bits per heavy atom. The van der Waals surface area contributed by atoms with E-state index in [1.165, 1.54) is 11.8 Å². The summed E-state index contributed by atoms with van der Waals surface area (Å²) < 4.78 is 5.50. The number of nitrogens with zero attached hydrogens (tertiary/aromatic N) is 1. The van der Waals surface area contributed by atoms with Gasteiger partial charge in [0.15, 0.2) is 5.78 Å². The normalized spacial score (nSPS) is 10.4. The first-order chi connectivity index (χ1) is 10.1. The van der Waals surface area contributed by atoms with Crippen LogP contribution in [-0.2, 0) is 0 Å². The first-order valence-corrected chi connectivity index (χ1v) is 7.92. The minimum Gasteiger partial charge on any atom is -0.493 e. The molecule has 0 aliphatic carbocycles. The van der Waals surface area contributed by atoms with Gasteiger partial charge in [-0.25, -0.2) is 4.98 Å². The molecule has 0 aliphatic rings. The standard InChI is InChI=1S/C17H19NO2S/c1-4-20-16-8-6-5-7-14(16)15(19)11-21-17-10-12(2)9-13(3)18-17/h5-10H,4,11H2,1-3H3. The Morgan fingerprint density at radius 1 is 1.24 bits per heavy atom. The third-order valence-corrected chi connectivity index (χ3v) is 3.82. The van der Waals surface area contributed by atoms with Crippen LogP contribution in [0.25, 0.3) is 0 Å². The monoisotopic (exact) mass is 301 g/mol. The molecule has 0 spiro atoms. The lowest BCUT2D eigenvalue weighted by atomic mass is 10.1. The van der Waals surface area contributed by atoms with Gasteiger partial charge in [-0.2, -0.15) is 0 Å². The number of carbonyl (C=O) groups excluding carboxylic acids is 1. The van der Waals surface area contributed by atoms with Gasteiger partial charge in [-0.1, -0.05) is 23.9 Å². The van der Waals surface area contributed by atoms with Crippen molar-refractivity contribution in [3.63, 3.8) is 0 Å². The van der Waals surface area contributed by atoms with Crippen LogP contribution in [0.1, 0.15) is 28.5 Å². The van der Waals surface area contributed by atoms with Crippen LogP contribution in [0.2, 0.25) is 0 Å². The molecule has 110 valence electrons. The van der Waals surface area contributed by atoms with E-state index in [2.05, 4.69) is 4.98 Å². The fraction of sp³-hybridized carbons (Fsp3) is 0.294. The zero-order chi connectivity index (χ0) is 15.2. The summed E-state index contributed by atoms with van der Waals surface area (Å²) in [6.07, 6.45) is 0. The molecule has 0 bridgehead atoms. The zero-order valence-electron chi connectivity index (χ0n) is 12.6. The number of para-hydroxylation sites is 1. The summed E-state index contributed by atoms with van der Waals surface area (Å²) in [6, 6.07) is 11.4. The number of ketones is 1. The van der Waals surface area contributed by atoms with E-state index in [-0.39, 0.29) is 5.78 Å². The molecule has 4 heteroatoms. The number of benzene rings is 1. The van der Waals surface area contributed by atoms with Gasteiger partial charge in [0, 0.05) is 5.69 Å². The summed E-state index contributed by atoms with van der Waals surface area (Å²) in [6.45, 7) is 6.46. The minimum atomic E-state index is 0.0602. The van der Waals surface area contributed by atoms with E-state index < -0.39 is 0 Å². The molecule has 0 saturated carbocycles. The average Bonchev–Trinajstić information content (AvgIpc) is 2.45. The number of hydrogen-bond donors (Lipinski definition) is 0. The second-order valence-corrected chi connectivity index (χ2v) is 5.76. The molecular weight excluding hydrogens is 282 g/mol. The highest BCUT2D eigenvalue weighted by molar-refractivity contribution is 7.99. The van der Waals surface area contributed by atoms with E-state index in [4.69, 9.17) is 4.74 Å². The van der Waals surface area contributed by atoms with Crippen molar-refractivity contribution in [3.8, 4) is 5.75 Å². The molecule has 1 aromatic carbocycles. The molecule has 0 saturated heterocycles. The summed E-state index contributed by atoms with van der Waals surface area (Å²) in [5.74, 6) is 1.07. The second kappa shape index (κ2) is 7.27. The van der Waals surface area contributed by atoms with Gasteiger partial charge in [0.2, 0.25) is 0 Å². The molecule has 3 nitrogen and oxygen atoms in total. The van der Waals surface area contributed by atoms with Crippen molar-refractivity contribution in [1.82, 2.24) is 4.98 Å². The van der Waals surface area contributed by atoms with Crippen LogP contribution in [0.15, 0.2) is 41.4 Å². The molecule has 0 fully saturated rings. The molecule has 1 heterocycles. The summed E-state index contributed by atoms with van der Waals surface area (Å²) in [7, 11) is 0. The maximum absolute atomic E-state index is 12.4. The van der Waals surface area contributed by atoms with E-state index in [1.54, 1.807) is 0 Å². The van der Waals surface area contributed by atoms with Crippen LogP contribution in [-0.4, -0.2) is 23.1 Å². The number of aromatic nitrogens is 1. The maximum atomic E-state index is 12.4. The van der Waals surface area contributed by atoms with Crippen molar-refractivity contribution in [2.45, 2.75) is 25.8 Å². The van der Waals surface area contributed by atoms with E-state index >= 15 is 0 Å². The molecule has 0 N–H and O–H groups in total. The molecule has 1 aromatic heterocycles. The van der Waals surface area contributed by atoms with Gasteiger partial charge in [-0.15, -0.1) is 0 Å². The lowest BCUT2D eigenvalue weighted by Crippen LogP contribution is -2.06. The van der Waals surface area contributed by atoms with E-state index in [0.717, 1.165) is 16.3 Å². The fourth-order valence-corrected chi connectivity index (χ4v) is 2.99. The highest BCUT2D eigenvalue weighted by Crippen LogP contribution is 2.23. The highest BCUT2D eigenvalue weighted by atomic mass is 32.2. The van der Waals surface area contributed by atoms with E-state index in [9.17, 15) is 4.79 Å². The summed E-state index contributed by atoms with van der Waals surface area (Å²) in [5.41, 5.74) is 2.77. The average molecular weight is 301 g/mol. The van der Waals surface area contributed by atoms with E-state index in [1.807, 2.05) is 57.2 Å². The van der Waals surface area contributed by atoms with Gasteiger partial charge in [0.05, 0.1) is 22.9 Å². The van der Waals surface area contributed by atoms with Crippen LogP contribution in [0.5, 0.6) is 5.75 Å². The third kappa shape index (κ3) is 4.33. The molecule has 2 rings (SSSR count). The van der Waals surface area contributed by atoms with Crippen LogP contribution in [0.3, 0.4) is 0 Å². The first kappa shape index (κ1) is 15.6. The number of Topliss-reactive ketones (excluding diaryl/α,β-unsaturated/α-hetero) is 1. The van der Waals surface area contributed by atoms with Crippen molar-refractivity contribution in [2.24, 2.45) is 0 Å². The molecule has 0 radical (unpaired) electrons. The van der Waals surface area contributed by atoms with Gasteiger partial charge in [0.25, 0.3) is 0 Å². The summed E-state index contributed by atoms with van der Waals surface area (Å²) in [4.78, 5) is 16.8. The predicted molar refractivity (Wildman–Crippen MR) is 86.4 cm³/mol. The molecule has 0 aliphatic heterocycles. The van der Waals surface area contributed by atoms with Crippen LogP contribution in [0.4, 0.5) is 0 Å². The Balaban J connectivity index is 2.08. The van der Waals surface area contributed by atoms with Gasteiger partial charge >= 0.3 is 0 Å². The van der Waals surface area contributed by atoms with Crippen LogP contribution < -0.4 is 4.74 Å². The topological polar surface area (TPSA) is 39.2 Å². The smallest absolute Gasteiger partial charge is 0.176 e. The number of rotatable bonds is 6. The second-order valence-electron chi connectivity index (χ2n) is 4.77. The Kier molecular flexibility index (Phi) is 5.39. The summed E-state index contributed by atoms with van der Waals surface area (Å²) >= 11 is 1.46. The van der Waals surface area contributed by atoms with Crippen molar-refractivity contribution in [1.29, 1.82) is 0 Å². The predicted octanol–water partition coefficient (Wildman–Crippen LogP) is 4.07. The SMILES string of the molecule is CCOc1ccccc1C(=O)CSc1cc(C)cc(C)n1. The van der Waals surface area contributed by atoms with Crippen molar-refractivity contribution in [3.05, 3.63) is 53.2 Å². The molecule has 21 heavy (non-hydrogen) atoms. The molecule has 0 amide bonds.